The number of amides is 1. The SMILES string of the molecule is O=C(NC1CCN(c2nccs2)C1)c1ccc(Cn2ccnc2)cc1. The number of thiazole rings is 1. The Bertz CT molecular complexity index is 814. The van der Waals surface area contributed by atoms with E-state index in [1.807, 2.05) is 46.6 Å². The summed E-state index contributed by atoms with van der Waals surface area (Å²) in [5.41, 5.74) is 1.84. The van der Waals surface area contributed by atoms with Gasteiger partial charge in [-0.05, 0) is 24.1 Å². The molecule has 0 saturated carbocycles. The van der Waals surface area contributed by atoms with Crippen LogP contribution < -0.4 is 10.2 Å². The minimum Gasteiger partial charge on any atom is -0.347 e. The van der Waals surface area contributed by atoms with Crippen molar-refractivity contribution < 1.29 is 4.79 Å². The summed E-state index contributed by atoms with van der Waals surface area (Å²) in [6, 6.07) is 7.92. The molecule has 2 aromatic heterocycles. The van der Waals surface area contributed by atoms with Crippen molar-refractivity contribution in [3.8, 4) is 0 Å². The van der Waals surface area contributed by atoms with E-state index in [1.54, 1.807) is 23.9 Å². The van der Waals surface area contributed by atoms with Crippen LogP contribution in [0, 0.1) is 0 Å². The molecule has 1 amide bonds. The second-order valence-electron chi connectivity index (χ2n) is 6.15. The molecule has 0 radical (unpaired) electrons. The Morgan fingerprint density at radius 3 is 2.88 bits per heavy atom. The van der Waals surface area contributed by atoms with E-state index in [9.17, 15) is 4.79 Å². The molecule has 7 heteroatoms. The van der Waals surface area contributed by atoms with E-state index in [1.165, 1.54) is 0 Å². The third-order valence-corrected chi connectivity index (χ3v) is 5.19. The lowest BCUT2D eigenvalue weighted by molar-refractivity contribution is 0.0940. The van der Waals surface area contributed by atoms with E-state index in [2.05, 4.69) is 20.2 Å². The van der Waals surface area contributed by atoms with Crippen molar-refractivity contribution in [2.45, 2.75) is 19.0 Å². The molecule has 4 rings (SSSR count). The van der Waals surface area contributed by atoms with Crippen molar-refractivity contribution in [1.29, 1.82) is 0 Å². The summed E-state index contributed by atoms with van der Waals surface area (Å²) < 4.78 is 2.00. The second-order valence-corrected chi connectivity index (χ2v) is 7.02. The van der Waals surface area contributed by atoms with Crippen molar-refractivity contribution >= 4 is 22.4 Å². The van der Waals surface area contributed by atoms with Crippen LogP contribution in [-0.4, -0.2) is 39.6 Å². The maximum Gasteiger partial charge on any atom is 0.251 e. The number of nitrogens with one attached hydrogen (secondary N) is 1. The van der Waals surface area contributed by atoms with Gasteiger partial charge in [-0.25, -0.2) is 9.97 Å². The van der Waals surface area contributed by atoms with Gasteiger partial charge in [-0.2, -0.15) is 0 Å². The summed E-state index contributed by atoms with van der Waals surface area (Å²) in [6.45, 7) is 2.51. The Morgan fingerprint density at radius 2 is 2.16 bits per heavy atom. The second kappa shape index (κ2) is 7.06. The molecule has 1 fully saturated rings. The number of carbonyl (C=O) groups excluding carboxylic acids is 1. The molecule has 0 aliphatic carbocycles. The van der Waals surface area contributed by atoms with Gasteiger partial charge in [0.15, 0.2) is 5.13 Å². The number of anilines is 1. The van der Waals surface area contributed by atoms with Gasteiger partial charge in [0.05, 0.1) is 6.33 Å². The first-order chi connectivity index (χ1) is 12.3. The lowest BCUT2D eigenvalue weighted by atomic mass is 10.1. The fourth-order valence-corrected chi connectivity index (χ4v) is 3.73. The van der Waals surface area contributed by atoms with Crippen LogP contribution in [0.3, 0.4) is 0 Å². The van der Waals surface area contributed by atoms with E-state index < -0.39 is 0 Å². The predicted molar refractivity (Wildman–Crippen MR) is 98.0 cm³/mol. The normalized spacial score (nSPS) is 17.0. The van der Waals surface area contributed by atoms with Gasteiger partial charge in [-0.3, -0.25) is 4.79 Å². The highest BCUT2D eigenvalue weighted by Gasteiger charge is 2.25. The first kappa shape index (κ1) is 15.8. The number of benzene rings is 1. The Kier molecular flexibility index (Phi) is 4.47. The van der Waals surface area contributed by atoms with Gasteiger partial charge < -0.3 is 14.8 Å². The average Bonchev–Trinajstić information content (AvgIpc) is 3.38. The fraction of sp³-hybridized carbons (Fsp3) is 0.278. The van der Waals surface area contributed by atoms with Gasteiger partial charge in [0.2, 0.25) is 0 Å². The highest BCUT2D eigenvalue weighted by molar-refractivity contribution is 7.13. The van der Waals surface area contributed by atoms with Crippen molar-refractivity contribution in [2.24, 2.45) is 0 Å². The highest BCUT2D eigenvalue weighted by Crippen LogP contribution is 2.22. The van der Waals surface area contributed by atoms with Crippen LogP contribution in [0.4, 0.5) is 5.13 Å². The fourth-order valence-electron chi connectivity index (χ4n) is 3.05. The Balaban J connectivity index is 1.33. The first-order valence-electron chi connectivity index (χ1n) is 8.28. The van der Waals surface area contributed by atoms with Gasteiger partial charge in [0.1, 0.15) is 0 Å². The van der Waals surface area contributed by atoms with Crippen LogP contribution in [0.15, 0.2) is 54.6 Å². The van der Waals surface area contributed by atoms with E-state index in [0.717, 1.165) is 36.8 Å². The molecule has 1 atom stereocenters. The number of hydrogen-bond acceptors (Lipinski definition) is 5. The minimum absolute atomic E-state index is 0.0137. The molecule has 25 heavy (non-hydrogen) atoms. The number of nitrogens with zero attached hydrogens (tertiary/aromatic N) is 4. The van der Waals surface area contributed by atoms with Crippen LogP contribution >= 0.6 is 11.3 Å². The first-order valence-corrected chi connectivity index (χ1v) is 9.16. The summed E-state index contributed by atoms with van der Waals surface area (Å²) in [6.07, 6.45) is 8.24. The monoisotopic (exact) mass is 353 g/mol. The number of rotatable bonds is 5. The number of imidazole rings is 1. The van der Waals surface area contributed by atoms with Crippen molar-refractivity contribution in [1.82, 2.24) is 19.9 Å². The molecule has 3 aromatic rings. The molecule has 6 nitrogen and oxygen atoms in total. The molecule has 1 N–H and O–H groups in total. The van der Waals surface area contributed by atoms with Gasteiger partial charge in [-0.1, -0.05) is 12.1 Å². The molecule has 3 heterocycles. The van der Waals surface area contributed by atoms with Crippen LogP contribution in [-0.2, 0) is 6.54 Å². The number of aromatic nitrogens is 3. The van der Waals surface area contributed by atoms with E-state index >= 15 is 0 Å². The topological polar surface area (TPSA) is 63.1 Å². The molecule has 128 valence electrons. The van der Waals surface area contributed by atoms with Gasteiger partial charge >= 0.3 is 0 Å². The Labute approximate surface area is 150 Å². The van der Waals surface area contributed by atoms with E-state index in [4.69, 9.17) is 0 Å². The molecular formula is C18H19N5OS. The van der Waals surface area contributed by atoms with Gasteiger partial charge in [0.25, 0.3) is 5.91 Å². The van der Waals surface area contributed by atoms with E-state index in [0.29, 0.717) is 5.56 Å². The van der Waals surface area contributed by atoms with Crippen LogP contribution in [0.25, 0.3) is 0 Å². The average molecular weight is 353 g/mol. The van der Waals surface area contributed by atoms with Gasteiger partial charge in [0, 0.05) is 55.2 Å². The van der Waals surface area contributed by atoms with Crippen LogP contribution in [0.1, 0.15) is 22.3 Å². The Morgan fingerprint density at radius 1 is 1.28 bits per heavy atom. The zero-order valence-corrected chi connectivity index (χ0v) is 14.5. The summed E-state index contributed by atoms with van der Waals surface area (Å²) in [4.78, 5) is 23.1. The molecule has 1 saturated heterocycles. The third-order valence-electron chi connectivity index (χ3n) is 4.35. The molecular weight excluding hydrogens is 334 g/mol. The zero-order valence-electron chi connectivity index (χ0n) is 13.7. The van der Waals surface area contributed by atoms with Crippen molar-refractivity contribution in [3.63, 3.8) is 0 Å². The lowest BCUT2D eigenvalue weighted by Crippen LogP contribution is -2.37. The number of carbonyl (C=O) groups is 1. The van der Waals surface area contributed by atoms with E-state index in [-0.39, 0.29) is 11.9 Å². The third kappa shape index (κ3) is 3.71. The quantitative estimate of drug-likeness (QED) is 0.765. The molecule has 0 bridgehead atoms. The summed E-state index contributed by atoms with van der Waals surface area (Å²) in [5.74, 6) is -0.0137. The highest BCUT2D eigenvalue weighted by atomic mass is 32.1. The smallest absolute Gasteiger partial charge is 0.251 e. The Hall–Kier alpha value is -2.67. The zero-order chi connectivity index (χ0) is 17.1. The maximum atomic E-state index is 12.5. The van der Waals surface area contributed by atoms with Crippen LogP contribution in [0.2, 0.25) is 0 Å². The standard InChI is InChI=1S/C18H19N5OS/c24-17(21-16-5-8-23(12-16)18-20-7-10-25-18)15-3-1-14(2-4-15)11-22-9-6-19-13-22/h1-4,6-7,9-10,13,16H,5,8,11-12H2,(H,21,24). The molecule has 1 aromatic carbocycles. The lowest BCUT2D eigenvalue weighted by Gasteiger charge is -2.16. The van der Waals surface area contributed by atoms with Gasteiger partial charge in [-0.15, -0.1) is 11.3 Å². The van der Waals surface area contributed by atoms with Crippen molar-refractivity contribution in [3.05, 3.63) is 65.7 Å². The molecule has 1 aliphatic rings. The predicted octanol–water partition coefficient (Wildman–Crippen LogP) is 2.40. The summed E-state index contributed by atoms with van der Waals surface area (Å²) >= 11 is 1.64. The summed E-state index contributed by atoms with van der Waals surface area (Å²) in [7, 11) is 0. The minimum atomic E-state index is -0.0137. The number of hydrogen-bond donors (Lipinski definition) is 1. The molecule has 1 aliphatic heterocycles. The summed E-state index contributed by atoms with van der Waals surface area (Å²) in [5, 5.41) is 6.14. The van der Waals surface area contributed by atoms with Crippen LogP contribution in [0.5, 0.6) is 0 Å². The van der Waals surface area contributed by atoms with Crippen molar-refractivity contribution in [2.75, 3.05) is 18.0 Å². The maximum absolute atomic E-state index is 12.5. The largest absolute Gasteiger partial charge is 0.347 e. The molecule has 1 unspecified atom stereocenters. The molecule has 0 spiro atoms.